The number of benzene rings is 2. The van der Waals surface area contributed by atoms with Gasteiger partial charge in [-0.3, -0.25) is 9.69 Å². The number of halogens is 2. The molecule has 0 saturated carbocycles. The molecule has 2 atom stereocenters. The number of carbonyl (C=O) groups is 2. The van der Waals surface area contributed by atoms with E-state index >= 15 is 0 Å². The van der Waals surface area contributed by atoms with Gasteiger partial charge in [-0.15, -0.1) is 0 Å². The maximum atomic E-state index is 12.9. The van der Waals surface area contributed by atoms with Crippen molar-refractivity contribution in [3.05, 3.63) is 64.7 Å². The van der Waals surface area contributed by atoms with Crippen LogP contribution in [-0.4, -0.2) is 57.5 Å². The van der Waals surface area contributed by atoms with Crippen molar-refractivity contribution in [1.82, 2.24) is 9.80 Å². The summed E-state index contributed by atoms with van der Waals surface area (Å²) in [7, 11) is 0. The number of carbonyl (C=O) groups excluding carboxylic acids is 1. The van der Waals surface area contributed by atoms with E-state index in [4.69, 9.17) is 33.0 Å². The third kappa shape index (κ3) is 6.12. The van der Waals surface area contributed by atoms with Gasteiger partial charge in [0, 0.05) is 36.8 Å². The van der Waals surface area contributed by atoms with Crippen LogP contribution < -0.4 is 4.74 Å². The predicted molar refractivity (Wildman–Crippen MR) is 121 cm³/mol. The van der Waals surface area contributed by atoms with Crippen LogP contribution in [0.5, 0.6) is 5.75 Å². The Labute approximate surface area is 192 Å². The first-order valence-corrected chi connectivity index (χ1v) is 10.8. The summed E-state index contributed by atoms with van der Waals surface area (Å²) in [4.78, 5) is 27.0. The molecule has 1 saturated heterocycles. The first kappa shape index (κ1) is 23.4. The van der Waals surface area contributed by atoms with Crippen LogP contribution in [0, 0.1) is 0 Å². The van der Waals surface area contributed by atoms with Gasteiger partial charge in [0.25, 0.3) is 0 Å². The van der Waals surface area contributed by atoms with Gasteiger partial charge in [0.15, 0.2) is 6.10 Å². The minimum Gasteiger partial charge on any atom is -0.479 e. The van der Waals surface area contributed by atoms with Crippen molar-refractivity contribution in [3.8, 4) is 5.75 Å². The molecule has 0 unspecified atom stereocenters. The fourth-order valence-electron chi connectivity index (χ4n) is 3.67. The molecule has 31 heavy (non-hydrogen) atoms. The number of hydrogen-bond acceptors (Lipinski definition) is 4. The highest BCUT2D eigenvalue weighted by Crippen LogP contribution is 2.29. The molecule has 2 aromatic rings. The van der Waals surface area contributed by atoms with E-state index in [0.29, 0.717) is 37.0 Å². The summed E-state index contributed by atoms with van der Waals surface area (Å²) in [6, 6.07) is 14.6. The molecule has 0 aromatic heterocycles. The molecule has 3 rings (SSSR count). The van der Waals surface area contributed by atoms with Gasteiger partial charge in [-0.25, -0.2) is 4.79 Å². The molecule has 1 aliphatic rings. The zero-order chi connectivity index (χ0) is 22.6. The lowest BCUT2D eigenvalue weighted by molar-refractivity contribution is -0.144. The number of hydrogen-bond donors (Lipinski definition) is 1. The molecule has 1 N–H and O–H groups in total. The van der Waals surface area contributed by atoms with Gasteiger partial charge < -0.3 is 14.7 Å². The first-order chi connectivity index (χ1) is 14.7. The summed E-state index contributed by atoms with van der Waals surface area (Å²) in [5.74, 6) is -0.510. The van der Waals surface area contributed by atoms with Crippen molar-refractivity contribution in [3.63, 3.8) is 0 Å². The number of aliphatic carboxylic acids is 1. The molecule has 0 spiro atoms. The average molecular weight is 465 g/mol. The van der Waals surface area contributed by atoms with Crippen LogP contribution in [0.1, 0.15) is 25.0 Å². The van der Waals surface area contributed by atoms with Crippen LogP contribution in [0.15, 0.2) is 48.5 Å². The summed E-state index contributed by atoms with van der Waals surface area (Å²) < 4.78 is 5.60. The highest BCUT2D eigenvalue weighted by molar-refractivity contribution is 6.30. The third-order valence-electron chi connectivity index (χ3n) is 5.30. The van der Waals surface area contributed by atoms with Crippen LogP contribution in [0.4, 0.5) is 0 Å². The topological polar surface area (TPSA) is 70.1 Å². The van der Waals surface area contributed by atoms with Crippen molar-refractivity contribution < 1.29 is 19.4 Å². The predicted octanol–water partition coefficient (Wildman–Crippen LogP) is 4.03. The van der Waals surface area contributed by atoms with Crippen LogP contribution >= 0.6 is 23.2 Å². The molecular formula is C23H26Cl2N2O4. The van der Waals surface area contributed by atoms with Gasteiger partial charge in [0.05, 0.1) is 6.42 Å². The first-order valence-electron chi connectivity index (χ1n) is 10.1. The highest BCUT2D eigenvalue weighted by atomic mass is 35.5. The summed E-state index contributed by atoms with van der Waals surface area (Å²) >= 11 is 12.7. The molecule has 1 fully saturated rings. The largest absolute Gasteiger partial charge is 0.479 e. The number of para-hydroxylation sites is 1. The normalized spacial score (nSPS) is 20.3. The standard InChI is InChI=1S/C23H26Cl2N2O4/c1-16(22(29)30)31-20-6-4-3-5-18(20)14-26-11-12-27(23(2,25)15-26)21(28)13-17-7-9-19(24)10-8-17/h3-10,16H,11-15H2,1-2H3,(H,29,30)/t16-,23+/m0/s1. The highest BCUT2D eigenvalue weighted by Gasteiger charge is 2.38. The second kappa shape index (κ2) is 9.90. The minimum absolute atomic E-state index is 0.0292. The molecule has 0 aliphatic carbocycles. The summed E-state index contributed by atoms with van der Waals surface area (Å²) in [6.07, 6.45) is -0.676. The second-order valence-corrected chi connectivity index (χ2v) is 9.16. The van der Waals surface area contributed by atoms with Crippen LogP contribution in [0.25, 0.3) is 0 Å². The molecule has 1 heterocycles. The Morgan fingerprint density at radius 1 is 1.16 bits per heavy atom. The molecule has 1 amide bonds. The van der Waals surface area contributed by atoms with Gasteiger partial charge in [-0.2, -0.15) is 0 Å². The Morgan fingerprint density at radius 3 is 2.48 bits per heavy atom. The van der Waals surface area contributed by atoms with E-state index in [-0.39, 0.29) is 12.3 Å². The van der Waals surface area contributed by atoms with Crippen LogP contribution in [-0.2, 0) is 22.6 Å². The molecule has 8 heteroatoms. The Kier molecular flexibility index (Phi) is 7.46. The maximum Gasteiger partial charge on any atom is 0.344 e. The number of carboxylic acid groups (broad SMARTS) is 1. The minimum atomic E-state index is -1.02. The Morgan fingerprint density at radius 2 is 1.84 bits per heavy atom. The third-order valence-corrected chi connectivity index (χ3v) is 5.88. The second-order valence-electron chi connectivity index (χ2n) is 7.91. The maximum absolute atomic E-state index is 12.9. The molecule has 166 valence electrons. The summed E-state index contributed by atoms with van der Waals surface area (Å²) in [5.41, 5.74) is 1.77. The lowest BCUT2D eigenvalue weighted by Crippen LogP contribution is -2.59. The number of ether oxygens (including phenoxy) is 1. The van der Waals surface area contributed by atoms with Gasteiger partial charge in [-0.05, 0) is 37.6 Å². The number of piperazine rings is 1. The Bertz CT molecular complexity index is 933. The summed E-state index contributed by atoms with van der Waals surface area (Å²) in [6.45, 7) is 5.52. The van der Waals surface area contributed by atoms with Crippen molar-refractivity contribution in [2.24, 2.45) is 0 Å². The van der Waals surface area contributed by atoms with Gasteiger partial charge in [0.2, 0.25) is 5.91 Å². The van der Waals surface area contributed by atoms with E-state index in [9.17, 15) is 9.59 Å². The number of alkyl halides is 1. The van der Waals surface area contributed by atoms with E-state index in [1.165, 1.54) is 6.92 Å². The zero-order valence-corrected chi connectivity index (χ0v) is 19.1. The smallest absolute Gasteiger partial charge is 0.344 e. The average Bonchev–Trinajstić information content (AvgIpc) is 2.70. The van der Waals surface area contributed by atoms with Gasteiger partial charge in [0.1, 0.15) is 10.7 Å². The quantitative estimate of drug-likeness (QED) is 0.494. The van der Waals surface area contributed by atoms with Crippen molar-refractivity contribution >= 4 is 35.1 Å². The zero-order valence-electron chi connectivity index (χ0n) is 17.6. The lowest BCUT2D eigenvalue weighted by atomic mass is 10.1. The molecule has 1 aliphatic heterocycles. The van der Waals surface area contributed by atoms with Gasteiger partial charge >= 0.3 is 5.97 Å². The van der Waals surface area contributed by atoms with E-state index in [1.807, 2.05) is 37.3 Å². The fraction of sp³-hybridized carbons (Fsp3) is 0.391. The van der Waals surface area contributed by atoms with Crippen molar-refractivity contribution in [2.45, 2.75) is 37.9 Å². The molecule has 0 bridgehead atoms. The van der Waals surface area contributed by atoms with Crippen molar-refractivity contribution in [2.75, 3.05) is 19.6 Å². The number of amides is 1. The van der Waals surface area contributed by atoms with E-state index < -0.39 is 17.1 Å². The number of carboxylic acids is 1. The molecule has 0 radical (unpaired) electrons. The fourth-order valence-corrected chi connectivity index (χ4v) is 4.14. The molecule has 2 aromatic carbocycles. The summed E-state index contributed by atoms with van der Waals surface area (Å²) in [5, 5.41) is 9.76. The Hall–Kier alpha value is -2.28. The SMILES string of the molecule is C[C@H](Oc1ccccc1CN1CCN(C(=O)Cc2ccc(Cl)cc2)[C@@](C)(Cl)C1)C(=O)O. The van der Waals surface area contributed by atoms with E-state index in [0.717, 1.165) is 11.1 Å². The van der Waals surface area contributed by atoms with Crippen LogP contribution in [0.3, 0.4) is 0 Å². The number of nitrogens with zero attached hydrogens (tertiary/aromatic N) is 2. The van der Waals surface area contributed by atoms with Crippen molar-refractivity contribution in [1.29, 1.82) is 0 Å². The molecule has 6 nitrogen and oxygen atoms in total. The Balaban J connectivity index is 1.64. The van der Waals surface area contributed by atoms with Crippen LogP contribution in [0.2, 0.25) is 5.02 Å². The monoisotopic (exact) mass is 464 g/mol. The van der Waals surface area contributed by atoms with E-state index in [2.05, 4.69) is 4.90 Å². The van der Waals surface area contributed by atoms with E-state index in [1.54, 1.807) is 23.1 Å². The number of rotatable bonds is 7. The molecular weight excluding hydrogens is 439 g/mol. The van der Waals surface area contributed by atoms with Gasteiger partial charge in [-0.1, -0.05) is 53.5 Å². The lowest BCUT2D eigenvalue weighted by Gasteiger charge is -2.45.